The van der Waals surface area contributed by atoms with Crippen molar-refractivity contribution >= 4 is 21.4 Å². The number of carbonyl (C=O) groups is 1. The van der Waals surface area contributed by atoms with Crippen molar-refractivity contribution in [1.82, 2.24) is 0 Å². The van der Waals surface area contributed by atoms with E-state index in [1.165, 1.54) is 18.2 Å². The Morgan fingerprint density at radius 1 is 1.38 bits per heavy atom. The fraction of sp³-hybridized carbons (Fsp3) is 0.500. The summed E-state index contributed by atoms with van der Waals surface area (Å²) in [5.41, 5.74) is 5.55. The molecule has 1 unspecified atom stereocenters. The zero-order valence-corrected chi connectivity index (χ0v) is 13.1. The molecule has 21 heavy (non-hydrogen) atoms. The van der Waals surface area contributed by atoms with Gasteiger partial charge in [0.15, 0.2) is 9.84 Å². The number of hydrogen-bond donors (Lipinski definition) is 3. The van der Waals surface area contributed by atoms with Gasteiger partial charge in [0, 0.05) is 12.7 Å². The second-order valence-electron chi connectivity index (χ2n) is 5.22. The minimum absolute atomic E-state index is 0.0482. The van der Waals surface area contributed by atoms with E-state index in [1.807, 2.05) is 6.92 Å². The van der Waals surface area contributed by atoms with Crippen LogP contribution in [0.1, 0.15) is 26.2 Å². The first-order chi connectivity index (χ1) is 9.74. The third-order valence-electron chi connectivity index (χ3n) is 3.19. The Morgan fingerprint density at radius 2 is 2.05 bits per heavy atom. The zero-order valence-electron chi connectivity index (χ0n) is 12.3. The number of rotatable bonds is 7. The summed E-state index contributed by atoms with van der Waals surface area (Å²) in [5, 5.41) is 12.2. The van der Waals surface area contributed by atoms with Crippen LogP contribution in [0.4, 0.5) is 5.69 Å². The van der Waals surface area contributed by atoms with E-state index in [9.17, 15) is 18.3 Å². The summed E-state index contributed by atoms with van der Waals surface area (Å²) in [4.78, 5) is 11.9. The van der Waals surface area contributed by atoms with Gasteiger partial charge < -0.3 is 16.2 Å². The monoisotopic (exact) mass is 314 g/mol. The van der Waals surface area contributed by atoms with Crippen molar-refractivity contribution in [2.24, 2.45) is 11.7 Å². The van der Waals surface area contributed by atoms with Gasteiger partial charge in [-0.15, -0.1) is 0 Å². The topological polar surface area (TPSA) is 109 Å². The van der Waals surface area contributed by atoms with Crippen LogP contribution in [-0.2, 0) is 14.6 Å². The van der Waals surface area contributed by atoms with Crippen LogP contribution in [0.2, 0.25) is 0 Å². The molecular weight excluding hydrogens is 292 g/mol. The number of nitrogens with two attached hydrogens (primary N) is 1. The van der Waals surface area contributed by atoms with Gasteiger partial charge >= 0.3 is 0 Å². The Hall–Kier alpha value is -1.60. The van der Waals surface area contributed by atoms with Crippen molar-refractivity contribution in [3.63, 3.8) is 0 Å². The Bertz CT molecular complexity index is 599. The number of aromatic hydroxyl groups is 1. The van der Waals surface area contributed by atoms with Gasteiger partial charge in [-0.05, 0) is 43.5 Å². The number of phenolic OH excluding ortho intramolecular Hbond substituents is 1. The lowest BCUT2D eigenvalue weighted by Crippen LogP contribution is -2.14. The lowest BCUT2D eigenvalue weighted by atomic mass is 10.0. The molecule has 0 saturated heterocycles. The molecule has 7 heteroatoms. The van der Waals surface area contributed by atoms with Crippen LogP contribution in [-0.4, -0.2) is 32.2 Å². The molecule has 0 spiro atoms. The van der Waals surface area contributed by atoms with E-state index in [0.29, 0.717) is 25.3 Å². The molecule has 0 saturated carbocycles. The largest absolute Gasteiger partial charge is 0.506 e. The maximum atomic E-state index is 11.8. The summed E-state index contributed by atoms with van der Waals surface area (Å²) >= 11 is 0. The fourth-order valence-electron chi connectivity index (χ4n) is 1.86. The van der Waals surface area contributed by atoms with E-state index in [4.69, 9.17) is 5.73 Å². The highest BCUT2D eigenvalue weighted by molar-refractivity contribution is 7.90. The van der Waals surface area contributed by atoms with Crippen LogP contribution in [0, 0.1) is 5.92 Å². The molecule has 0 aliphatic carbocycles. The highest BCUT2D eigenvalue weighted by Gasteiger charge is 2.13. The molecule has 4 N–H and O–H groups in total. The SMILES string of the molecule is CC(CCN)CCC(=O)Nc1cc(S(C)(=O)=O)ccc1O. The summed E-state index contributed by atoms with van der Waals surface area (Å²) in [5.74, 6) is -0.0812. The first-order valence-corrected chi connectivity index (χ1v) is 8.66. The molecule has 1 atom stereocenters. The molecule has 1 rings (SSSR count). The molecule has 0 heterocycles. The highest BCUT2D eigenvalue weighted by Crippen LogP contribution is 2.26. The average molecular weight is 314 g/mol. The second kappa shape index (κ2) is 7.42. The van der Waals surface area contributed by atoms with Crippen LogP contribution in [0.5, 0.6) is 5.75 Å². The molecule has 0 bridgehead atoms. The minimum Gasteiger partial charge on any atom is -0.506 e. The number of nitrogens with one attached hydrogen (secondary N) is 1. The Morgan fingerprint density at radius 3 is 2.62 bits per heavy atom. The van der Waals surface area contributed by atoms with Crippen molar-refractivity contribution < 1.29 is 18.3 Å². The van der Waals surface area contributed by atoms with Gasteiger partial charge in [0.2, 0.25) is 5.91 Å². The van der Waals surface area contributed by atoms with Crippen LogP contribution >= 0.6 is 0 Å². The second-order valence-corrected chi connectivity index (χ2v) is 7.24. The van der Waals surface area contributed by atoms with Crippen molar-refractivity contribution in [1.29, 1.82) is 0 Å². The smallest absolute Gasteiger partial charge is 0.224 e. The summed E-state index contributed by atoms with van der Waals surface area (Å²) in [7, 11) is -3.39. The Labute approximate surface area is 125 Å². The van der Waals surface area contributed by atoms with E-state index in [1.54, 1.807) is 0 Å². The molecule has 1 amide bonds. The van der Waals surface area contributed by atoms with E-state index >= 15 is 0 Å². The minimum atomic E-state index is -3.39. The van der Waals surface area contributed by atoms with Crippen LogP contribution in [0.3, 0.4) is 0 Å². The fourth-order valence-corrected chi connectivity index (χ4v) is 2.51. The predicted octanol–water partition coefficient (Wildman–Crippen LogP) is 1.50. The normalized spacial score (nSPS) is 12.9. The summed E-state index contributed by atoms with van der Waals surface area (Å²) < 4.78 is 22.9. The molecular formula is C14H22N2O4S. The standard InChI is InChI=1S/C14H22N2O4S/c1-10(7-8-15)3-6-14(18)16-12-9-11(21(2,19)20)4-5-13(12)17/h4-5,9-10,17H,3,6-8,15H2,1-2H3,(H,16,18). The summed E-state index contributed by atoms with van der Waals surface area (Å²) in [6, 6.07) is 3.80. The lowest BCUT2D eigenvalue weighted by Gasteiger charge is -2.11. The van der Waals surface area contributed by atoms with Crippen molar-refractivity contribution in [2.45, 2.75) is 31.1 Å². The molecule has 1 aromatic carbocycles. The molecule has 0 aromatic heterocycles. The van der Waals surface area contributed by atoms with Crippen molar-refractivity contribution in [2.75, 3.05) is 18.1 Å². The molecule has 0 aliphatic rings. The van der Waals surface area contributed by atoms with Gasteiger partial charge in [-0.3, -0.25) is 4.79 Å². The van der Waals surface area contributed by atoms with Crippen molar-refractivity contribution in [3.05, 3.63) is 18.2 Å². The molecule has 0 aliphatic heterocycles. The number of phenols is 1. The highest BCUT2D eigenvalue weighted by atomic mass is 32.2. The third kappa shape index (κ3) is 5.73. The number of hydrogen-bond acceptors (Lipinski definition) is 5. The first kappa shape index (κ1) is 17.5. The van der Waals surface area contributed by atoms with Gasteiger partial charge in [0.1, 0.15) is 5.75 Å². The molecule has 0 fully saturated rings. The number of carbonyl (C=O) groups excluding carboxylic acids is 1. The summed E-state index contributed by atoms with van der Waals surface area (Å²) in [6.07, 6.45) is 2.90. The zero-order chi connectivity index (χ0) is 16.0. The predicted molar refractivity (Wildman–Crippen MR) is 81.9 cm³/mol. The Balaban J connectivity index is 2.72. The molecule has 118 valence electrons. The molecule has 6 nitrogen and oxygen atoms in total. The number of benzene rings is 1. The van der Waals surface area contributed by atoms with Crippen molar-refractivity contribution in [3.8, 4) is 5.75 Å². The molecule has 1 aromatic rings. The lowest BCUT2D eigenvalue weighted by molar-refractivity contribution is -0.116. The van der Waals surface area contributed by atoms with Gasteiger partial charge in [-0.2, -0.15) is 0 Å². The molecule has 0 radical (unpaired) electrons. The van der Waals surface area contributed by atoms with Gasteiger partial charge in [-0.1, -0.05) is 6.92 Å². The Kier molecular flexibility index (Phi) is 6.17. The number of anilines is 1. The number of amides is 1. The number of sulfone groups is 1. The van der Waals surface area contributed by atoms with Crippen LogP contribution in [0.15, 0.2) is 23.1 Å². The first-order valence-electron chi connectivity index (χ1n) is 6.77. The summed E-state index contributed by atoms with van der Waals surface area (Å²) in [6.45, 7) is 2.60. The average Bonchev–Trinajstić information content (AvgIpc) is 2.38. The van der Waals surface area contributed by atoms with Gasteiger partial charge in [0.25, 0.3) is 0 Å². The third-order valence-corrected chi connectivity index (χ3v) is 4.30. The van der Waals surface area contributed by atoms with E-state index in [-0.39, 0.29) is 22.2 Å². The van der Waals surface area contributed by atoms with E-state index < -0.39 is 9.84 Å². The van der Waals surface area contributed by atoms with Gasteiger partial charge in [-0.25, -0.2) is 8.42 Å². The van der Waals surface area contributed by atoms with E-state index in [2.05, 4.69) is 5.32 Å². The maximum absolute atomic E-state index is 11.8. The van der Waals surface area contributed by atoms with Crippen LogP contribution in [0.25, 0.3) is 0 Å². The van der Waals surface area contributed by atoms with Gasteiger partial charge in [0.05, 0.1) is 10.6 Å². The quantitative estimate of drug-likeness (QED) is 0.661. The maximum Gasteiger partial charge on any atom is 0.224 e. The van der Waals surface area contributed by atoms with E-state index in [0.717, 1.165) is 12.7 Å². The van der Waals surface area contributed by atoms with Crippen LogP contribution < -0.4 is 11.1 Å².